The Bertz CT molecular complexity index is 408. The van der Waals surface area contributed by atoms with Crippen molar-refractivity contribution in [2.75, 3.05) is 0 Å². The third kappa shape index (κ3) is 1.85. The molecule has 2 rings (SSSR count). The first-order valence-electron chi connectivity index (χ1n) is 3.98. The van der Waals surface area contributed by atoms with Gasteiger partial charge in [-0.15, -0.1) is 0 Å². The van der Waals surface area contributed by atoms with Gasteiger partial charge in [-0.25, -0.2) is 4.98 Å². The smallest absolute Gasteiger partial charge is 0.242 e. The summed E-state index contributed by atoms with van der Waals surface area (Å²) < 4.78 is 33.2. The lowest BCUT2D eigenvalue weighted by molar-refractivity contribution is 0.547. The minimum absolute atomic E-state index is 0.503. The molecule has 0 spiro atoms. The summed E-state index contributed by atoms with van der Waals surface area (Å²) in [6.07, 6.45) is 3.66. The molecule has 3 nitrogen and oxygen atoms in total. The first kappa shape index (κ1) is 8.62. The molecule has 0 bridgehead atoms. The number of hydrogen-bond acceptors (Lipinski definition) is 3. The maximum absolute atomic E-state index is 12.4. The van der Waals surface area contributed by atoms with Gasteiger partial charge < -0.3 is 0 Å². The summed E-state index contributed by atoms with van der Waals surface area (Å²) in [6, 6.07) is 2.83. The van der Waals surface area contributed by atoms with Gasteiger partial charge in [-0.1, -0.05) is 9.95 Å². The van der Waals surface area contributed by atoms with Gasteiger partial charge in [0, 0.05) is 6.20 Å². The van der Waals surface area contributed by atoms with Crippen molar-refractivity contribution in [3.63, 3.8) is 0 Å². The molecule has 1 aliphatic rings. The van der Waals surface area contributed by atoms with Crippen LogP contribution >= 0.6 is 0 Å². The molecule has 0 unspecified atom stereocenters. The zero-order valence-corrected chi connectivity index (χ0v) is 7.59. The van der Waals surface area contributed by atoms with E-state index in [9.17, 15) is 12.3 Å². The maximum atomic E-state index is 12.4. The molecule has 1 saturated carbocycles. The van der Waals surface area contributed by atoms with E-state index in [-0.39, 0.29) is 0 Å². The Hall–Kier alpha value is -0.970. The fraction of sp³-hybridized carbons (Fsp3) is 0.375. The number of hydrogen-bond donors (Lipinski definition) is 0. The van der Waals surface area contributed by atoms with Crippen molar-refractivity contribution in [2.45, 2.75) is 23.8 Å². The van der Waals surface area contributed by atoms with E-state index in [1.165, 1.54) is 12.3 Å². The van der Waals surface area contributed by atoms with E-state index in [0.29, 0.717) is 5.92 Å². The molecule has 0 amide bonds. The van der Waals surface area contributed by atoms with Gasteiger partial charge in [-0.2, -0.15) is 8.42 Å². The molecular formula is C8H8FNO2S. The fourth-order valence-corrected chi connectivity index (χ4v) is 1.60. The van der Waals surface area contributed by atoms with Crippen LogP contribution in [0.2, 0.25) is 0 Å². The standard InChI is InChI=1S/C8H8FNO2S/c9-13(11,12)8-4-3-7(5-10-8)6-1-2-6/h3-6H,1-2H2. The molecule has 1 fully saturated rings. The molecule has 0 radical (unpaired) electrons. The molecule has 13 heavy (non-hydrogen) atoms. The van der Waals surface area contributed by atoms with Gasteiger partial charge in [0.2, 0.25) is 0 Å². The van der Waals surface area contributed by atoms with E-state index in [4.69, 9.17) is 0 Å². The molecule has 1 aliphatic carbocycles. The number of nitrogens with zero attached hydrogens (tertiary/aromatic N) is 1. The summed E-state index contributed by atoms with van der Waals surface area (Å²) in [5.74, 6) is 0.504. The minimum atomic E-state index is -4.64. The van der Waals surface area contributed by atoms with Gasteiger partial charge in [-0.05, 0) is 30.4 Å². The van der Waals surface area contributed by atoms with E-state index >= 15 is 0 Å². The van der Waals surface area contributed by atoms with E-state index in [0.717, 1.165) is 18.4 Å². The lowest BCUT2D eigenvalue weighted by Gasteiger charge is -1.97. The summed E-state index contributed by atoms with van der Waals surface area (Å²) in [7, 11) is -4.64. The highest BCUT2D eigenvalue weighted by Gasteiger charge is 2.24. The minimum Gasteiger partial charge on any atom is -0.242 e. The normalized spacial score (nSPS) is 17.3. The van der Waals surface area contributed by atoms with Crippen molar-refractivity contribution < 1.29 is 12.3 Å². The fourth-order valence-electron chi connectivity index (χ4n) is 1.19. The summed E-state index contributed by atoms with van der Waals surface area (Å²) in [5, 5.41) is -0.503. The SMILES string of the molecule is O=S(=O)(F)c1ccc(C2CC2)cn1. The predicted octanol–water partition coefficient (Wildman–Crippen LogP) is 1.62. The molecule has 0 aromatic carbocycles. The average molecular weight is 201 g/mol. The summed E-state index contributed by atoms with van der Waals surface area (Å²) in [4.78, 5) is 3.55. The topological polar surface area (TPSA) is 47.0 Å². The van der Waals surface area contributed by atoms with Crippen LogP contribution in [0.25, 0.3) is 0 Å². The quantitative estimate of drug-likeness (QED) is 0.683. The highest BCUT2D eigenvalue weighted by atomic mass is 32.3. The Balaban J connectivity index is 2.33. The van der Waals surface area contributed by atoms with Crippen molar-refractivity contribution in [3.05, 3.63) is 23.9 Å². The van der Waals surface area contributed by atoms with Gasteiger partial charge in [0.1, 0.15) is 0 Å². The van der Waals surface area contributed by atoms with Crippen molar-refractivity contribution >= 4 is 10.2 Å². The maximum Gasteiger partial charge on any atom is 0.349 e. The molecule has 0 aliphatic heterocycles. The Labute approximate surface area is 75.8 Å². The monoisotopic (exact) mass is 201 g/mol. The molecule has 1 aromatic rings. The van der Waals surface area contributed by atoms with E-state index in [2.05, 4.69) is 4.98 Å². The highest BCUT2D eigenvalue weighted by Crippen LogP contribution is 2.39. The van der Waals surface area contributed by atoms with Crippen LogP contribution in [0.1, 0.15) is 24.3 Å². The molecule has 1 aromatic heterocycles. The Morgan fingerprint density at radius 2 is 2.08 bits per heavy atom. The van der Waals surface area contributed by atoms with Crippen LogP contribution in [0.4, 0.5) is 3.89 Å². The molecule has 0 saturated heterocycles. The van der Waals surface area contributed by atoms with Crippen LogP contribution in [0.5, 0.6) is 0 Å². The molecule has 70 valence electrons. The number of halogens is 1. The second-order valence-corrected chi connectivity index (χ2v) is 4.44. The van der Waals surface area contributed by atoms with Crippen molar-refractivity contribution in [1.82, 2.24) is 4.98 Å². The van der Waals surface area contributed by atoms with Crippen LogP contribution in [-0.2, 0) is 10.2 Å². The second kappa shape index (κ2) is 2.77. The summed E-state index contributed by atoms with van der Waals surface area (Å²) in [6.45, 7) is 0. The molecular weight excluding hydrogens is 193 g/mol. The van der Waals surface area contributed by atoms with E-state index in [1.807, 2.05) is 0 Å². The third-order valence-corrected chi connectivity index (χ3v) is 2.80. The molecule has 0 N–H and O–H groups in total. The Morgan fingerprint density at radius 3 is 2.46 bits per heavy atom. The van der Waals surface area contributed by atoms with Gasteiger partial charge in [-0.3, -0.25) is 0 Å². The van der Waals surface area contributed by atoms with E-state index in [1.54, 1.807) is 6.07 Å². The Morgan fingerprint density at radius 1 is 1.38 bits per heavy atom. The predicted molar refractivity (Wildman–Crippen MR) is 44.5 cm³/mol. The largest absolute Gasteiger partial charge is 0.349 e. The third-order valence-electron chi connectivity index (χ3n) is 2.06. The van der Waals surface area contributed by atoms with Crippen LogP contribution in [0.15, 0.2) is 23.4 Å². The molecule has 5 heteroatoms. The van der Waals surface area contributed by atoms with E-state index < -0.39 is 15.2 Å². The lowest BCUT2D eigenvalue weighted by Crippen LogP contribution is -1.96. The van der Waals surface area contributed by atoms with Crippen molar-refractivity contribution in [2.24, 2.45) is 0 Å². The van der Waals surface area contributed by atoms with Crippen molar-refractivity contribution in [1.29, 1.82) is 0 Å². The van der Waals surface area contributed by atoms with Gasteiger partial charge in [0.25, 0.3) is 0 Å². The summed E-state index contributed by atoms with van der Waals surface area (Å²) in [5.41, 5.74) is 0.993. The number of pyridine rings is 1. The molecule has 0 atom stereocenters. The van der Waals surface area contributed by atoms with Gasteiger partial charge in [0.15, 0.2) is 5.03 Å². The first-order chi connectivity index (χ1) is 6.07. The lowest BCUT2D eigenvalue weighted by atomic mass is 10.2. The van der Waals surface area contributed by atoms with Crippen molar-refractivity contribution in [3.8, 4) is 0 Å². The zero-order chi connectivity index (χ0) is 9.47. The highest BCUT2D eigenvalue weighted by molar-refractivity contribution is 7.86. The first-order valence-corrected chi connectivity index (χ1v) is 5.36. The second-order valence-electron chi connectivity index (χ2n) is 3.14. The van der Waals surface area contributed by atoms with Crippen LogP contribution in [0, 0.1) is 0 Å². The molecule has 1 heterocycles. The Kier molecular flexibility index (Phi) is 1.83. The average Bonchev–Trinajstić information content (AvgIpc) is 2.85. The zero-order valence-electron chi connectivity index (χ0n) is 6.77. The van der Waals surface area contributed by atoms with Crippen LogP contribution < -0.4 is 0 Å². The van der Waals surface area contributed by atoms with Crippen LogP contribution in [0.3, 0.4) is 0 Å². The van der Waals surface area contributed by atoms with Gasteiger partial charge in [0.05, 0.1) is 0 Å². The van der Waals surface area contributed by atoms with Crippen LogP contribution in [-0.4, -0.2) is 13.4 Å². The summed E-state index contributed by atoms with van der Waals surface area (Å²) >= 11 is 0. The number of aromatic nitrogens is 1. The van der Waals surface area contributed by atoms with Gasteiger partial charge >= 0.3 is 10.2 Å². The number of rotatable bonds is 2.